The van der Waals surface area contributed by atoms with Crippen LogP contribution in [0.4, 0.5) is 30.4 Å². The highest BCUT2D eigenvalue weighted by molar-refractivity contribution is 7.89. The molecule has 0 bridgehead atoms. The molecule has 5 rings (SSSR count). The summed E-state index contributed by atoms with van der Waals surface area (Å²) in [6, 6.07) is 15.8. The van der Waals surface area contributed by atoms with E-state index in [-0.39, 0.29) is 18.0 Å². The molecule has 9 nitrogen and oxygen atoms in total. The van der Waals surface area contributed by atoms with Crippen LogP contribution in [0.15, 0.2) is 73.1 Å². The summed E-state index contributed by atoms with van der Waals surface area (Å²) in [6.45, 7) is -0.220. The number of carbonyl (C=O) groups is 1. The largest absolute Gasteiger partial charge is 0.417 e. The number of hydrogen-bond donors (Lipinski definition) is 3. The number of nitrogens with one attached hydrogen (secondary N) is 3. The highest BCUT2D eigenvalue weighted by Crippen LogP contribution is 2.36. The van der Waals surface area contributed by atoms with Crippen LogP contribution < -0.4 is 10.6 Å². The molecule has 0 aliphatic heterocycles. The van der Waals surface area contributed by atoms with Crippen molar-refractivity contribution in [3.8, 4) is 11.1 Å². The number of benzene rings is 3. The molecule has 3 N–H and O–H groups in total. The number of carbonyl (C=O) groups excluding carboxylic acids is 1. The average molecular weight is 603 g/mol. The second-order valence-electron chi connectivity index (χ2n) is 9.40. The van der Waals surface area contributed by atoms with Crippen LogP contribution in [-0.4, -0.2) is 40.6 Å². The van der Waals surface area contributed by atoms with Crippen molar-refractivity contribution < 1.29 is 26.4 Å². The number of halogens is 4. The summed E-state index contributed by atoms with van der Waals surface area (Å²) in [5, 5.41) is 17.5. The smallest absolute Gasteiger partial charge is 0.338 e. The predicted octanol–water partition coefficient (Wildman–Crippen LogP) is 6.03. The van der Waals surface area contributed by atoms with Gasteiger partial charge in [0.1, 0.15) is 6.54 Å². The third kappa shape index (κ3) is 6.87. The van der Waals surface area contributed by atoms with Gasteiger partial charge in [0.05, 0.1) is 28.1 Å². The maximum Gasteiger partial charge on any atom is 0.417 e. The van der Waals surface area contributed by atoms with E-state index in [4.69, 9.17) is 11.6 Å². The summed E-state index contributed by atoms with van der Waals surface area (Å²) < 4.78 is 63.9. The molecule has 0 spiro atoms. The fourth-order valence-electron chi connectivity index (χ4n) is 4.24. The van der Waals surface area contributed by atoms with Crippen molar-refractivity contribution in [1.29, 1.82) is 0 Å². The lowest BCUT2D eigenvalue weighted by Crippen LogP contribution is -2.19. The van der Waals surface area contributed by atoms with Crippen molar-refractivity contribution in [3.63, 3.8) is 0 Å². The number of sulfone groups is 1. The Hall–Kier alpha value is -4.36. The van der Waals surface area contributed by atoms with Crippen LogP contribution in [-0.2, 0) is 33.1 Å². The van der Waals surface area contributed by atoms with Crippen LogP contribution >= 0.6 is 11.6 Å². The molecule has 0 aliphatic rings. The molecule has 41 heavy (non-hydrogen) atoms. The van der Waals surface area contributed by atoms with E-state index in [0.29, 0.717) is 22.6 Å². The Morgan fingerprint density at radius 1 is 1.05 bits per heavy atom. The Morgan fingerprint density at radius 2 is 1.85 bits per heavy atom. The molecule has 5 aromatic rings. The molecule has 0 unspecified atom stereocenters. The molecule has 2 heterocycles. The Labute approximate surface area is 237 Å². The lowest BCUT2D eigenvalue weighted by Gasteiger charge is -2.11. The van der Waals surface area contributed by atoms with Crippen LogP contribution in [0, 0.1) is 0 Å². The molecule has 0 atom stereocenters. The lowest BCUT2D eigenvalue weighted by atomic mass is 10.1. The van der Waals surface area contributed by atoms with Gasteiger partial charge in [0.25, 0.3) is 0 Å². The summed E-state index contributed by atoms with van der Waals surface area (Å²) in [6.07, 6.45) is -0.248. The zero-order valence-electron chi connectivity index (χ0n) is 21.3. The Kier molecular flexibility index (Phi) is 7.49. The minimum absolute atomic E-state index is 0.0321. The van der Waals surface area contributed by atoms with Gasteiger partial charge in [0.2, 0.25) is 5.91 Å². The number of fused-ring (bicyclic) bond motifs is 1. The van der Waals surface area contributed by atoms with E-state index in [9.17, 15) is 26.4 Å². The quantitative estimate of drug-likeness (QED) is 0.199. The van der Waals surface area contributed by atoms with Crippen molar-refractivity contribution in [2.45, 2.75) is 18.5 Å². The van der Waals surface area contributed by atoms with E-state index in [2.05, 4.69) is 25.9 Å². The first-order valence-electron chi connectivity index (χ1n) is 12.1. The highest BCUT2D eigenvalue weighted by atomic mass is 35.5. The molecular formula is C27H22ClF3N6O3S. The van der Waals surface area contributed by atoms with E-state index in [1.807, 2.05) is 24.3 Å². The maximum atomic E-state index is 13.1. The van der Waals surface area contributed by atoms with E-state index in [0.717, 1.165) is 28.6 Å². The van der Waals surface area contributed by atoms with E-state index in [1.54, 1.807) is 30.6 Å². The third-order valence-electron chi connectivity index (χ3n) is 6.01. The summed E-state index contributed by atoms with van der Waals surface area (Å²) in [5.41, 5.74) is 2.51. The maximum absolute atomic E-state index is 13.1. The molecule has 1 amide bonds. The number of H-pyrrole nitrogens is 1. The van der Waals surface area contributed by atoms with Crippen molar-refractivity contribution in [1.82, 2.24) is 20.0 Å². The Morgan fingerprint density at radius 3 is 2.61 bits per heavy atom. The molecular weight excluding hydrogens is 581 g/mol. The Bertz CT molecular complexity index is 1870. The normalized spacial score (nSPS) is 12.0. The third-order valence-corrected chi connectivity index (χ3v) is 7.20. The summed E-state index contributed by atoms with van der Waals surface area (Å²) in [4.78, 5) is 12.5. The van der Waals surface area contributed by atoms with Gasteiger partial charge in [-0.15, -0.1) is 0 Å². The predicted molar refractivity (Wildman–Crippen MR) is 151 cm³/mol. The standard InChI is InChI=1S/C27H22ClF3N6O3S/c1-41(39,40)15-16-3-2-4-19(9-16)34-26-21-7-5-17(10-24(21)35-36-26)18-12-32-37(13-18)14-25(38)33-20-6-8-23(28)22(11-20)27(29,30)31/h2-13H,14-15H2,1H3,(H,33,38)(H2,34,35,36). The number of aromatic nitrogens is 4. The summed E-state index contributed by atoms with van der Waals surface area (Å²) in [7, 11) is -3.17. The Balaban J connectivity index is 1.27. The van der Waals surface area contributed by atoms with Gasteiger partial charge in [-0.05, 0) is 53.6 Å². The SMILES string of the molecule is CS(=O)(=O)Cc1cccc(Nc2n[nH]c3cc(-c4cnn(CC(=O)Nc5ccc(Cl)c(C(F)(F)F)c5)c4)ccc23)c1. The first-order chi connectivity index (χ1) is 19.3. The van der Waals surface area contributed by atoms with Crippen LogP contribution in [0.25, 0.3) is 22.0 Å². The van der Waals surface area contributed by atoms with Gasteiger partial charge >= 0.3 is 6.18 Å². The summed E-state index contributed by atoms with van der Waals surface area (Å²) >= 11 is 5.63. The number of alkyl halides is 3. The molecule has 3 aromatic carbocycles. The van der Waals surface area contributed by atoms with Crippen LogP contribution in [0.3, 0.4) is 0 Å². The van der Waals surface area contributed by atoms with Crippen LogP contribution in [0.2, 0.25) is 5.02 Å². The van der Waals surface area contributed by atoms with Gasteiger partial charge in [-0.1, -0.05) is 29.8 Å². The zero-order chi connectivity index (χ0) is 29.4. The fraction of sp³-hybridized carbons (Fsp3) is 0.148. The molecule has 0 saturated carbocycles. The van der Waals surface area contributed by atoms with Crippen LogP contribution in [0.5, 0.6) is 0 Å². The van der Waals surface area contributed by atoms with Crippen LogP contribution in [0.1, 0.15) is 11.1 Å². The highest BCUT2D eigenvalue weighted by Gasteiger charge is 2.33. The summed E-state index contributed by atoms with van der Waals surface area (Å²) in [5.74, 6) is -0.0652. The van der Waals surface area contributed by atoms with Gasteiger partial charge < -0.3 is 10.6 Å². The first kappa shape index (κ1) is 28.2. The second-order valence-corrected chi connectivity index (χ2v) is 11.9. The zero-order valence-corrected chi connectivity index (χ0v) is 22.9. The number of amides is 1. The molecule has 0 aliphatic carbocycles. The van der Waals surface area contributed by atoms with E-state index in [1.165, 1.54) is 17.0 Å². The fourth-order valence-corrected chi connectivity index (χ4v) is 5.25. The lowest BCUT2D eigenvalue weighted by molar-refractivity contribution is -0.137. The number of rotatable bonds is 8. The van der Waals surface area contributed by atoms with Gasteiger partial charge in [0, 0.05) is 34.8 Å². The molecule has 14 heteroatoms. The van der Waals surface area contributed by atoms with Gasteiger partial charge in [-0.2, -0.15) is 23.4 Å². The minimum Gasteiger partial charge on any atom is -0.338 e. The van der Waals surface area contributed by atoms with Crippen molar-refractivity contribution >= 4 is 55.4 Å². The number of hydrogen-bond acceptors (Lipinski definition) is 6. The first-order valence-corrected chi connectivity index (χ1v) is 14.5. The van der Waals surface area contributed by atoms with E-state index < -0.39 is 32.5 Å². The monoisotopic (exact) mass is 602 g/mol. The van der Waals surface area contributed by atoms with Gasteiger partial charge in [-0.3, -0.25) is 14.6 Å². The number of anilines is 3. The van der Waals surface area contributed by atoms with Gasteiger partial charge in [0.15, 0.2) is 15.7 Å². The second kappa shape index (κ2) is 10.9. The van der Waals surface area contributed by atoms with Crippen molar-refractivity contribution in [2.75, 3.05) is 16.9 Å². The molecule has 0 fully saturated rings. The van der Waals surface area contributed by atoms with Crippen molar-refractivity contribution in [3.05, 3.63) is 89.2 Å². The minimum atomic E-state index is -4.65. The van der Waals surface area contributed by atoms with Gasteiger partial charge in [-0.25, -0.2) is 8.42 Å². The topological polar surface area (TPSA) is 122 Å². The molecule has 0 saturated heterocycles. The van der Waals surface area contributed by atoms with E-state index >= 15 is 0 Å². The number of aromatic amines is 1. The number of nitrogens with zero attached hydrogens (tertiary/aromatic N) is 3. The average Bonchev–Trinajstić information content (AvgIpc) is 3.50. The molecule has 2 aromatic heterocycles. The molecule has 212 valence electrons. The van der Waals surface area contributed by atoms with Crippen molar-refractivity contribution in [2.24, 2.45) is 0 Å². The molecule has 0 radical (unpaired) electrons.